The standard InChI is InChI=1S/C8H12BrN3O2/c1-8(2,3)14-7(13)11-5-4-10-12-6(5)9/h4H,1-3H3,(H,10,12)(H,11,13). The van der Waals surface area contributed by atoms with Crippen molar-refractivity contribution in [3.63, 3.8) is 0 Å². The van der Waals surface area contributed by atoms with Crippen molar-refractivity contribution in [2.24, 2.45) is 0 Å². The van der Waals surface area contributed by atoms with Crippen LogP contribution in [-0.2, 0) is 4.74 Å². The smallest absolute Gasteiger partial charge is 0.412 e. The largest absolute Gasteiger partial charge is 0.444 e. The molecular formula is C8H12BrN3O2. The van der Waals surface area contributed by atoms with Gasteiger partial charge in [-0.2, -0.15) is 5.10 Å². The molecule has 0 fully saturated rings. The zero-order valence-electron chi connectivity index (χ0n) is 8.22. The maximum absolute atomic E-state index is 11.3. The summed E-state index contributed by atoms with van der Waals surface area (Å²) in [5.41, 5.74) is 0.0552. The van der Waals surface area contributed by atoms with E-state index in [0.29, 0.717) is 10.3 Å². The molecule has 5 nitrogen and oxygen atoms in total. The topological polar surface area (TPSA) is 67.0 Å². The number of carbonyl (C=O) groups is 1. The number of halogens is 1. The lowest BCUT2D eigenvalue weighted by Crippen LogP contribution is -2.27. The van der Waals surface area contributed by atoms with Gasteiger partial charge in [-0.05, 0) is 36.7 Å². The molecule has 1 heterocycles. The Balaban J connectivity index is 2.54. The molecule has 0 atom stereocenters. The van der Waals surface area contributed by atoms with Crippen LogP contribution in [-0.4, -0.2) is 21.9 Å². The number of aromatic nitrogens is 2. The van der Waals surface area contributed by atoms with Crippen LogP contribution in [0.4, 0.5) is 10.5 Å². The van der Waals surface area contributed by atoms with Gasteiger partial charge in [-0.15, -0.1) is 0 Å². The highest BCUT2D eigenvalue weighted by Gasteiger charge is 2.17. The zero-order valence-corrected chi connectivity index (χ0v) is 9.81. The van der Waals surface area contributed by atoms with Gasteiger partial charge in [-0.1, -0.05) is 0 Å². The summed E-state index contributed by atoms with van der Waals surface area (Å²) in [7, 11) is 0. The highest BCUT2D eigenvalue weighted by molar-refractivity contribution is 9.10. The fourth-order valence-corrected chi connectivity index (χ4v) is 1.07. The van der Waals surface area contributed by atoms with Crippen molar-refractivity contribution in [2.45, 2.75) is 26.4 Å². The first kappa shape index (κ1) is 11.0. The Morgan fingerprint density at radius 1 is 1.64 bits per heavy atom. The summed E-state index contributed by atoms with van der Waals surface area (Å²) in [5, 5.41) is 8.91. The summed E-state index contributed by atoms with van der Waals surface area (Å²) in [6, 6.07) is 0. The van der Waals surface area contributed by atoms with E-state index in [1.165, 1.54) is 6.20 Å². The molecule has 0 aromatic carbocycles. The summed E-state index contributed by atoms with van der Waals surface area (Å²) >= 11 is 3.19. The van der Waals surface area contributed by atoms with Crippen LogP contribution >= 0.6 is 15.9 Å². The minimum Gasteiger partial charge on any atom is -0.444 e. The molecule has 78 valence electrons. The van der Waals surface area contributed by atoms with Crippen molar-refractivity contribution in [3.05, 3.63) is 10.8 Å². The Labute approximate surface area is 90.3 Å². The normalized spacial score (nSPS) is 11.1. The molecule has 0 bridgehead atoms. The van der Waals surface area contributed by atoms with Crippen LogP contribution in [0.1, 0.15) is 20.8 Å². The van der Waals surface area contributed by atoms with E-state index in [1.807, 2.05) is 0 Å². The lowest BCUT2D eigenvalue weighted by molar-refractivity contribution is 0.0636. The molecule has 0 aliphatic carbocycles. The maximum Gasteiger partial charge on any atom is 0.412 e. The predicted molar refractivity (Wildman–Crippen MR) is 56.1 cm³/mol. The molecule has 14 heavy (non-hydrogen) atoms. The monoisotopic (exact) mass is 261 g/mol. The van der Waals surface area contributed by atoms with Gasteiger partial charge in [-0.3, -0.25) is 10.4 Å². The van der Waals surface area contributed by atoms with Crippen molar-refractivity contribution in [1.29, 1.82) is 0 Å². The summed E-state index contributed by atoms with van der Waals surface area (Å²) in [4.78, 5) is 11.3. The number of nitrogens with zero attached hydrogens (tertiary/aromatic N) is 1. The number of anilines is 1. The van der Waals surface area contributed by atoms with Crippen LogP contribution in [0.2, 0.25) is 0 Å². The van der Waals surface area contributed by atoms with E-state index < -0.39 is 11.7 Å². The van der Waals surface area contributed by atoms with Crippen molar-refractivity contribution in [3.8, 4) is 0 Å². The van der Waals surface area contributed by atoms with Crippen molar-refractivity contribution >= 4 is 27.7 Å². The van der Waals surface area contributed by atoms with E-state index in [4.69, 9.17) is 4.74 Å². The maximum atomic E-state index is 11.3. The molecule has 0 saturated carbocycles. The van der Waals surface area contributed by atoms with Gasteiger partial charge in [-0.25, -0.2) is 4.79 Å². The molecular weight excluding hydrogens is 250 g/mol. The molecule has 6 heteroatoms. The summed E-state index contributed by atoms with van der Waals surface area (Å²) < 4.78 is 5.67. The molecule has 2 N–H and O–H groups in total. The number of carbonyl (C=O) groups excluding carboxylic acids is 1. The number of hydrogen-bond acceptors (Lipinski definition) is 3. The molecule has 0 aliphatic rings. The number of amides is 1. The lowest BCUT2D eigenvalue weighted by Gasteiger charge is -2.19. The van der Waals surface area contributed by atoms with Crippen LogP contribution < -0.4 is 5.32 Å². The number of rotatable bonds is 1. The lowest BCUT2D eigenvalue weighted by atomic mass is 10.2. The SMILES string of the molecule is CC(C)(C)OC(=O)Nc1cn[nH]c1Br. The molecule has 0 unspecified atom stereocenters. The quantitative estimate of drug-likeness (QED) is 0.817. The van der Waals surface area contributed by atoms with E-state index >= 15 is 0 Å². The van der Waals surface area contributed by atoms with Crippen LogP contribution in [0.25, 0.3) is 0 Å². The van der Waals surface area contributed by atoms with Gasteiger partial charge in [0.05, 0.1) is 11.9 Å². The molecule has 0 aliphatic heterocycles. The second-order valence-corrected chi connectivity index (χ2v) is 4.52. The first-order valence-electron chi connectivity index (χ1n) is 4.07. The highest BCUT2D eigenvalue weighted by Crippen LogP contribution is 2.18. The number of nitrogens with one attached hydrogen (secondary N) is 2. The Morgan fingerprint density at radius 2 is 2.29 bits per heavy atom. The number of aromatic amines is 1. The van der Waals surface area contributed by atoms with Crippen molar-refractivity contribution in [2.75, 3.05) is 5.32 Å². The molecule has 1 amide bonds. The van der Waals surface area contributed by atoms with Gasteiger partial charge >= 0.3 is 6.09 Å². The second-order valence-electron chi connectivity index (χ2n) is 3.72. The highest BCUT2D eigenvalue weighted by atomic mass is 79.9. The Hall–Kier alpha value is -1.04. The van der Waals surface area contributed by atoms with Gasteiger partial charge in [0, 0.05) is 0 Å². The molecule has 0 saturated heterocycles. The molecule has 1 aromatic heterocycles. The average Bonchev–Trinajstić information content (AvgIpc) is 2.32. The third-order valence-electron chi connectivity index (χ3n) is 1.23. The summed E-state index contributed by atoms with van der Waals surface area (Å²) in [6.45, 7) is 5.41. The van der Waals surface area contributed by atoms with Crippen LogP contribution in [0.15, 0.2) is 10.8 Å². The predicted octanol–water partition coefficient (Wildman–Crippen LogP) is 2.52. The summed E-state index contributed by atoms with van der Waals surface area (Å²) in [5.74, 6) is 0. The molecule has 1 aromatic rings. The zero-order chi connectivity index (χ0) is 10.8. The Bertz CT molecular complexity index is 330. The van der Waals surface area contributed by atoms with Gasteiger partial charge in [0.1, 0.15) is 10.2 Å². The number of H-pyrrole nitrogens is 1. The second kappa shape index (κ2) is 4.00. The third kappa shape index (κ3) is 3.37. The first-order valence-corrected chi connectivity index (χ1v) is 4.86. The minimum atomic E-state index is -0.500. The van der Waals surface area contributed by atoms with Gasteiger partial charge in [0.2, 0.25) is 0 Å². The van der Waals surface area contributed by atoms with Crippen molar-refractivity contribution < 1.29 is 9.53 Å². The number of hydrogen-bond donors (Lipinski definition) is 2. The van der Waals surface area contributed by atoms with E-state index in [0.717, 1.165) is 0 Å². The van der Waals surface area contributed by atoms with Gasteiger partial charge < -0.3 is 4.74 Å². The van der Waals surface area contributed by atoms with Crippen LogP contribution in [0.3, 0.4) is 0 Å². The molecule has 0 spiro atoms. The number of ether oxygens (including phenoxy) is 1. The van der Waals surface area contributed by atoms with Crippen molar-refractivity contribution in [1.82, 2.24) is 10.2 Å². The van der Waals surface area contributed by atoms with E-state index in [2.05, 4.69) is 31.4 Å². The average molecular weight is 262 g/mol. The Morgan fingerprint density at radius 3 is 2.71 bits per heavy atom. The molecule has 0 radical (unpaired) electrons. The van der Waals surface area contributed by atoms with E-state index in [-0.39, 0.29) is 0 Å². The minimum absolute atomic E-state index is 0.500. The van der Waals surface area contributed by atoms with E-state index in [9.17, 15) is 4.79 Å². The van der Waals surface area contributed by atoms with Crippen LogP contribution in [0, 0.1) is 0 Å². The van der Waals surface area contributed by atoms with E-state index in [1.54, 1.807) is 20.8 Å². The Kier molecular flexibility index (Phi) is 3.15. The summed E-state index contributed by atoms with van der Waals surface area (Å²) in [6.07, 6.45) is 0.994. The molecule has 1 rings (SSSR count). The van der Waals surface area contributed by atoms with Gasteiger partial charge in [0.25, 0.3) is 0 Å². The van der Waals surface area contributed by atoms with Gasteiger partial charge in [0.15, 0.2) is 0 Å². The van der Waals surface area contributed by atoms with Crippen LogP contribution in [0.5, 0.6) is 0 Å². The third-order valence-corrected chi connectivity index (χ3v) is 1.83. The fraction of sp³-hybridized carbons (Fsp3) is 0.500. The fourth-order valence-electron chi connectivity index (χ4n) is 0.771. The first-order chi connectivity index (χ1) is 6.38.